The van der Waals surface area contributed by atoms with Crippen LogP contribution in [0, 0.1) is 5.92 Å². The van der Waals surface area contributed by atoms with Crippen molar-refractivity contribution >= 4 is 29.7 Å². The third-order valence-corrected chi connectivity index (χ3v) is 8.02. The van der Waals surface area contributed by atoms with Gasteiger partial charge < -0.3 is 24.8 Å². The number of carboxylic acids is 1. The summed E-state index contributed by atoms with van der Waals surface area (Å²) in [5, 5.41) is 12.0. The molecule has 34 heavy (non-hydrogen) atoms. The molecule has 4 atom stereocenters. The second-order valence-corrected chi connectivity index (χ2v) is 10.1. The Morgan fingerprint density at radius 3 is 2.38 bits per heavy atom. The summed E-state index contributed by atoms with van der Waals surface area (Å²) in [6.07, 6.45) is -0.617. The van der Waals surface area contributed by atoms with Crippen LogP contribution < -0.4 is 5.32 Å². The highest BCUT2D eigenvalue weighted by Gasteiger charge is 2.46. The highest BCUT2D eigenvalue weighted by Crippen LogP contribution is 2.44. The van der Waals surface area contributed by atoms with E-state index in [2.05, 4.69) is 29.6 Å². The molecule has 0 radical (unpaired) electrons. The number of benzene rings is 2. The number of ether oxygens (including phenoxy) is 2. The Labute approximate surface area is 201 Å². The van der Waals surface area contributed by atoms with Crippen molar-refractivity contribution in [1.29, 1.82) is 0 Å². The average molecular weight is 483 g/mol. The summed E-state index contributed by atoms with van der Waals surface area (Å²) in [6.45, 7) is 2.29. The topological polar surface area (TPSA) is 105 Å². The normalized spacial score (nSPS) is 25.6. The van der Waals surface area contributed by atoms with Gasteiger partial charge >= 0.3 is 12.1 Å². The standard InChI is InChI=1S/C25H26N2O6S/c1-14-27(22(13-34-14)24(29)30)23(28)20-10-32-12-21(20)26-25(31)33-11-19-17-8-4-2-6-15(17)16-7-3-5-9-18(16)19/h2-9,14,19-22H,10-13H2,1H3,(H,26,31)(H,29,30). The summed E-state index contributed by atoms with van der Waals surface area (Å²) in [5.41, 5.74) is 4.53. The molecule has 0 saturated carbocycles. The van der Waals surface area contributed by atoms with Crippen LogP contribution >= 0.6 is 11.8 Å². The Hall–Kier alpha value is -3.04. The van der Waals surface area contributed by atoms with Gasteiger partial charge in [0, 0.05) is 11.7 Å². The van der Waals surface area contributed by atoms with Crippen molar-refractivity contribution in [1.82, 2.24) is 10.2 Å². The van der Waals surface area contributed by atoms with Crippen molar-refractivity contribution in [2.45, 2.75) is 30.3 Å². The molecule has 2 fully saturated rings. The Bertz CT molecular complexity index is 1080. The van der Waals surface area contributed by atoms with E-state index in [-0.39, 0.29) is 37.0 Å². The summed E-state index contributed by atoms with van der Waals surface area (Å²) < 4.78 is 11.1. The number of hydrogen-bond acceptors (Lipinski definition) is 6. The van der Waals surface area contributed by atoms with E-state index in [1.165, 1.54) is 16.7 Å². The quantitative estimate of drug-likeness (QED) is 0.675. The lowest BCUT2D eigenvalue weighted by molar-refractivity contribution is -0.151. The molecule has 2 amide bonds. The number of amides is 2. The van der Waals surface area contributed by atoms with Crippen LogP contribution in [-0.2, 0) is 19.1 Å². The maximum absolute atomic E-state index is 13.2. The van der Waals surface area contributed by atoms with Crippen molar-refractivity contribution in [2.75, 3.05) is 25.6 Å². The summed E-state index contributed by atoms with van der Waals surface area (Å²) in [4.78, 5) is 38.9. The SMILES string of the molecule is CC1SCC(C(=O)O)N1C(=O)C1COCC1NC(=O)OCC1c2ccccc2-c2ccccc21. The number of carbonyl (C=O) groups is 3. The van der Waals surface area contributed by atoms with Gasteiger partial charge in [0.2, 0.25) is 5.91 Å². The van der Waals surface area contributed by atoms with Crippen molar-refractivity contribution in [3.63, 3.8) is 0 Å². The number of thioether (sulfide) groups is 1. The number of rotatable bonds is 5. The summed E-state index contributed by atoms with van der Waals surface area (Å²) >= 11 is 1.43. The van der Waals surface area contributed by atoms with Gasteiger partial charge in [-0.1, -0.05) is 48.5 Å². The molecule has 0 bridgehead atoms. The Kier molecular flexibility index (Phi) is 6.22. The Balaban J connectivity index is 1.24. The van der Waals surface area contributed by atoms with E-state index in [4.69, 9.17) is 9.47 Å². The first-order valence-corrected chi connectivity index (χ1v) is 12.4. The van der Waals surface area contributed by atoms with Crippen molar-refractivity contribution in [3.05, 3.63) is 59.7 Å². The zero-order valence-electron chi connectivity index (χ0n) is 18.7. The number of fused-ring (bicyclic) bond motifs is 3. The van der Waals surface area contributed by atoms with Gasteiger partial charge in [0.25, 0.3) is 0 Å². The lowest BCUT2D eigenvalue weighted by atomic mass is 9.98. The number of nitrogens with one attached hydrogen (secondary N) is 1. The fourth-order valence-electron chi connectivity index (χ4n) is 5.09. The predicted molar refractivity (Wildman–Crippen MR) is 126 cm³/mol. The lowest BCUT2D eigenvalue weighted by Crippen LogP contribution is -2.52. The van der Waals surface area contributed by atoms with Gasteiger partial charge in [-0.05, 0) is 29.2 Å². The fraction of sp³-hybridized carbons (Fsp3) is 0.400. The van der Waals surface area contributed by atoms with Crippen LogP contribution in [0.2, 0.25) is 0 Å². The number of carbonyl (C=O) groups excluding carboxylic acids is 2. The van der Waals surface area contributed by atoms with Gasteiger partial charge in [-0.15, -0.1) is 11.8 Å². The van der Waals surface area contributed by atoms with E-state index >= 15 is 0 Å². The molecular formula is C25H26N2O6S. The average Bonchev–Trinajstić information content (AvgIpc) is 3.53. The van der Waals surface area contributed by atoms with Crippen LogP contribution in [0.4, 0.5) is 4.79 Å². The minimum Gasteiger partial charge on any atom is -0.480 e. The van der Waals surface area contributed by atoms with E-state index in [0.29, 0.717) is 5.75 Å². The van der Waals surface area contributed by atoms with Crippen LogP contribution in [0.15, 0.2) is 48.5 Å². The number of alkyl carbamates (subject to hydrolysis) is 1. The molecule has 9 heteroatoms. The number of aliphatic carboxylic acids is 1. The molecule has 2 aromatic carbocycles. The van der Waals surface area contributed by atoms with E-state index in [0.717, 1.165) is 22.3 Å². The number of carboxylic acid groups (broad SMARTS) is 1. The molecule has 2 N–H and O–H groups in total. The predicted octanol–water partition coefficient (Wildman–Crippen LogP) is 2.91. The molecule has 5 rings (SSSR count). The second-order valence-electron chi connectivity index (χ2n) is 8.75. The summed E-state index contributed by atoms with van der Waals surface area (Å²) in [5.74, 6) is -1.70. The fourth-order valence-corrected chi connectivity index (χ4v) is 6.27. The van der Waals surface area contributed by atoms with Crippen LogP contribution in [0.1, 0.15) is 24.0 Å². The van der Waals surface area contributed by atoms with Gasteiger partial charge in [-0.25, -0.2) is 9.59 Å². The van der Waals surface area contributed by atoms with Gasteiger partial charge in [-0.3, -0.25) is 4.79 Å². The molecule has 2 aliphatic heterocycles. The molecule has 0 aromatic heterocycles. The largest absolute Gasteiger partial charge is 0.480 e. The van der Waals surface area contributed by atoms with Gasteiger partial charge in [0.1, 0.15) is 12.6 Å². The number of hydrogen-bond donors (Lipinski definition) is 2. The van der Waals surface area contributed by atoms with Gasteiger partial charge in [0.15, 0.2) is 0 Å². The molecule has 1 aliphatic carbocycles. The zero-order chi connectivity index (χ0) is 23.8. The maximum atomic E-state index is 13.2. The number of nitrogens with zero attached hydrogens (tertiary/aromatic N) is 1. The van der Waals surface area contributed by atoms with Crippen molar-refractivity contribution in [2.24, 2.45) is 5.92 Å². The molecule has 178 valence electrons. The van der Waals surface area contributed by atoms with Crippen LogP contribution in [0.5, 0.6) is 0 Å². The van der Waals surface area contributed by atoms with E-state index in [1.807, 2.05) is 31.2 Å². The summed E-state index contributed by atoms with van der Waals surface area (Å²) in [7, 11) is 0. The van der Waals surface area contributed by atoms with Crippen LogP contribution in [0.25, 0.3) is 11.1 Å². The smallest absolute Gasteiger partial charge is 0.407 e. The molecule has 8 nitrogen and oxygen atoms in total. The molecule has 3 aliphatic rings. The highest BCUT2D eigenvalue weighted by molar-refractivity contribution is 8.00. The molecule has 4 unspecified atom stereocenters. The Morgan fingerprint density at radius 1 is 1.09 bits per heavy atom. The zero-order valence-corrected chi connectivity index (χ0v) is 19.5. The van der Waals surface area contributed by atoms with Crippen molar-refractivity contribution in [3.8, 4) is 11.1 Å². The molecular weight excluding hydrogens is 456 g/mol. The third kappa shape index (κ3) is 4.03. The summed E-state index contributed by atoms with van der Waals surface area (Å²) in [6, 6.07) is 14.7. The van der Waals surface area contributed by atoms with E-state index in [9.17, 15) is 19.5 Å². The Morgan fingerprint density at radius 2 is 1.74 bits per heavy atom. The van der Waals surface area contributed by atoms with Crippen molar-refractivity contribution < 1.29 is 29.0 Å². The lowest BCUT2D eigenvalue weighted by Gasteiger charge is -2.29. The van der Waals surface area contributed by atoms with E-state index in [1.54, 1.807) is 0 Å². The van der Waals surface area contributed by atoms with Crippen LogP contribution in [0.3, 0.4) is 0 Å². The molecule has 2 heterocycles. The maximum Gasteiger partial charge on any atom is 0.407 e. The monoisotopic (exact) mass is 482 g/mol. The third-order valence-electron chi connectivity index (χ3n) is 6.81. The minimum atomic E-state index is -1.02. The van der Waals surface area contributed by atoms with E-state index < -0.39 is 30.1 Å². The highest BCUT2D eigenvalue weighted by atomic mass is 32.2. The second kappa shape index (κ2) is 9.31. The molecule has 2 saturated heterocycles. The molecule has 2 aromatic rings. The first-order chi connectivity index (χ1) is 16.5. The molecule has 0 spiro atoms. The minimum absolute atomic E-state index is 0.0609. The van der Waals surface area contributed by atoms with Gasteiger partial charge in [0.05, 0.1) is 30.5 Å². The first kappa shape index (κ1) is 22.7. The van der Waals surface area contributed by atoms with Gasteiger partial charge in [-0.2, -0.15) is 0 Å². The van der Waals surface area contributed by atoms with Crippen LogP contribution in [-0.4, -0.2) is 71.0 Å². The first-order valence-electron chi connectivity index (χ1n) is 11.3.